The summed E-state index contributed by atoms with van der Waals surface area (Å²) in [7, 11) is 0. The lowest BCUT2D eigenvalue weighted by Crippen LogP contribution is -2.19. The minimum absolute atomic E-state index is 0.116. The Hall–Kier alpha value is -5.09. The Morgan fingerprint density at radius 1 is 0.907 bits per heavy atom. The summed E-state index contributed by atoms with van der Waals surface area (Å²) < 4.78 is 0. The number of nitrogens with zero attached hydrogens (tertiary/aromatic N) is 3. The summed E-state index contributed by atoms with van der Waals surface area (Å²) >= 11 is 1.61. The van der Waals surface area contributed by atoms with Crippen molar-refractivity contribution in [2.45, 2.75) is 39.5 Å². The quantitative estimate of drug-likeness (QED) is 0.150. The van der Waals surface area contributed by atoms with Gasteiger partial charge in [0.1, 0.15) is 0 Å². The van der Waals surface area contributed by atoms with E-state index in [-0.39, 0.29) is 17.9 Å². The van der Waals surface area contributed by atoms with Crippen LogP contribution in [-0.2, 0) is 16.6 Å². The third-order valence-electron chi connectivity index (χ3n) is 6.64. The molecule has 0 saturated carbocycles. The fourth-order valence-electron chi connectivity index (χ4n) is 4.43. The number of carbonyl (C=O) groups is 2. The van der Waals surface area contributed by atoms with Crippen molar-refractivity contribution in [3.8, 4) is 21.7 Å². The SMILES string of the molecule is Cc1ccc(NC(=O)Nc2cc(C(C)(C)C)sc2-c2cccc(CC(N)=O)c2)cc1Nc1nccc(-c2cccnc2)n1. The topological polar surface area (TPSA) is 135 Å². The summed E-state index contributed by atoms with van der Waals surface area (Å²) in [4.78, 5) is 39.9. The first-order chi connectivity index (χ1) is 20.5. The number of nitrogens with one attached hydrogen (secondary N) is 3. The summed E-state index contributed by atoms with van der Waals surface area (Å²) in [5.41, 5.74) is 11.7. The normalized spacial score (nSPS) is 11.2. The summed E-state index contributed by atoms with van der Waals surface area (Å²) in [5, 5.41) is 9.26. The Morgan fingerprint density at radius 3 is 2.47 bits per heavy atom. The van der Waals surface area contributed by atoms with Gasteiger partial charge in [0.15, 0.2) is 0 Å². The van der Waals surface area contributed by atoms with Crippen molar-refractivity contribution < 1.29 is 9.59 Å². The maximum Gasteiger partial charge on any atom is 0.323 e. The van der Waals surface area contributed by atoms with Crippen LogP contribution in [0.15, 0.2) is 85.3 Å². The second-order valence-electron chi connectivity index (χ2n) is 11.2. The minimum Gasteiger partial charge on any atom is -0.369 e. The van der Waals surface area contributed by atoms with Crippen LogP contribution in [0.1, 0.15) is 36.8 Å². The van der Waals surface area contributed by atoms with E-state index >= 15 is 0 Å². The van der Waals surface area contributed by atoms with E-state index in [2.05, 4.69) is 51.7 Å². The average Bonchev–Trinajstić information content (AvgIpc) is 3.40. The largest absolute Gasteiger partial charge is 0.369 e. The van der Waals surface area contributed by atoms with E-state index in [9.17, 15) is 9.59 Å². The van der Waals surface area contributed by atoms with E-state index in [0.717, 1.165) is 43.4 Å². The van der Waals surface area contributed by atoms with E-state index in [0.29, 0.717) is 17.3 Å². The van der Waals surface area contributed by atoms with Crippen LogP contribution in [0.4, 0.5) is 27.8 Å². The highest BCUT2D eigenvalue weighted by molar-refractivity contribution is 7.16. The Morgan fingerprint density at radius 2 is 1.72 bits per heavy atom. The van der Waals surface area contributed by atoms with Crippen LogP contribution < -0.4 is 21.7 Å². The second kappa shape index (κ2) is 12.4. The fourth-order valence-corrected chi connectivity index (χ4v) is 5.59. The number of aryl methyl sites for hydroxylation is 1. The van der Waals surface area contributed by atoms with E-state index in [1.54, 1.807) is 29.9 Å². The van der Waals surface area contributed by atoms with Crippen LogP contribution in [0.25, 0.3) is 21.7 Å². The molecule has 0 fully saturated rings. The number of hydrogen-bond donors (Lipinski definition) is 4. The molecule has 0 aliphatic rings. The number of amides is 3. The van der Waals surface area contributed by atoms with Gasteiger partial charge in [-0.25, -0.2) is 14.8 Å². The first kappa shape index (κ1) is 29.4. The highest BCUT2D eigenvalue weighted by atomic mass is 32.1. The highest BCUT2D eigenvalue weighted by Crippen LogP contribution is 2.42. The Labute approximate surface area is 254 Å². The lowest BCUT2D eigenvalue weighted by atomic mass is 9.94. The number of urea groups is 1. The standard InChI is InChI=1S/C33H33N7O2S/c1-20-10-11-24(17-26(20)39-31-36-14-12-25(38-31)23-9-6-13-35-19-23)37-32(42)40-27-18-28(33(2,3)4)43-30(27)22-8-5-7-21(15-22)16-29(34)41/h5-15,17-19H,16H2,1-4H3,(H2,34,41)(H,36,38,39)(H2,37,40,42). The summed E-state index contributed by atoms with van der Waals surface area (Å²) in [5.74, 6) is 0.0402. The van der Waals surface area contributed by atoms with Gasteiger partial charge < -0.3 is 21.7 Å². The van der Waals surface area contributed by atoms with Crippen LogP contribution in [0.5, 0.6) is 0 Å². The van der Waals surface area contributed by atoms with Crippen LogP contribution in [0.3, 0.4) is 0 Å². The molecule has 5 N–H and O–H groups in total. The van der Waals surface area contributed by atoms with Gasteiger partial charge >= 0.3 is 6.03 Å². The predicted molar refractivity (Wildman–Crippen MR) is 174 cm³/mol. The molecular weight excluding hydrogens is 558 g/mol. The molecule has 0 aliphatic carbocycles. The van der Waals surface area contributed by atoms with Gasteiger partial charge in [-0.2, -0.15) is 0 Å². The molecule has 3 aromatic heterocycles. The molecule has 10 heteroatoms. The molecule has 3 heterocycles. The first-order valence-corrected chi connectivity index (χ1v) is 14.6. The molecule has 5 rings (SSSR count). The smallest absolute Gasteiger partial charge is 0.323 e. The van der Waals surface area contributed by atoms with Crippen molar-refractivity contribution in [1.82, 2.24) is 15.0 Å². The summed E-state index contributed by atoms with van der Waals surface area (Å²) in [6.07, 6.45) is 5.31. The average molecular weight is 592 g/mol. The maximum atomic E-state index is 13.3. The zero-order valence-electron chi connectivity index (χ0n) is 24.4. The van der Waals surface area contributed by atoms with Crippen molar-refractivity contribution in [3.63, 3.8) is 0 Å². The summed E-state index contributed by atoms with van der Waals surface area (Å²) in [6, 6.07) is 20.5. The predicted octanol–water partition coefficient (Wildman–Crippen LogP) is 7.29. The van der Waals surface area contributed by atoms with Crippen LogP contribution in [0, 0.1) is 6.92 Å². The fraction of sp³-hybridized carbons (Fsp3) is 0.182. The molecule has 5 aromatic rings. The highest BCUT2D eigenvalue weighted by Gasteiger charge is 2.22. The Bertz CT molecular complexity index is 1780. The zero-order valence-corrected chi connectivity index (χ0v) is 25.3. The number of nitrogens with two attached hydrogens (primary N) is 1. The monoisotopic (exact) mass is 591 g/mol. The van der Waals surface area contributed by atoms with Crippen molar-refractivity contribution >= 4 is 46.3 Å². The van der Waals surface area contributed by atoms with Gasteiger partial charge in [-0.05, 0) is 71.5 Å². The van der Waals surface area contributed by atoms with E-state index in [1.165, 1.54) is 0 Å². The number of rotatable bonds is 8. The van der Waals surface area contributed by atoms with Gasteiger partial charge in [0, 0.05) is 40.4 Å². The van der Waals surface area contributed by atoms with E-state index in [4.69, 9.17) is 5.73 Å². The van der Waals surface area contributed by atoms with Gasteiger partial charge in [-0.3, -0.25) is 9.78 Å². The number of carbonyl (C=O) groups excluding carboxylic acids is 2. The number of anilines is 4. The van der Waals surface area contributed by atoms with Crippen molar-refractivity contribution in [2.24, 2.45) is 5.73 Å². The number of primary amides is 1. The number of hydrogen-bond acceptors (Lipinski definition) is 7. The van der Waals surface area contributed by atoms with Gasteiger partial charge in [0.05, 0.1) is 22.7 Å². The maximum absolute atomic E-state index is 13.3. The van der Waals surface area contributed by atoms with Crippen LogP contribution in [-0.4, -0.2) is 26.9 Å². The van der Waals surface area contributed by atoms with Gasteiger partial charge in [0.25, 0.3) is 0 Å². The molecule has 0 aliphatic heterocycles. The summed E-state index contributed by atoms with van der Waals surface area (Å²) in [6.45, 7) is 8.36. The molecule has 9 nitrogen and oxygen atoms in total. The van der Waals surface area contributed by atoms with Crippen molar-refractivity contribution in [3.05, 3.63) is 101 Å². The minimum atomic E-state index is -0.392. The molecule has 43 heavy (non-hydrogen) atoms. The molecule has 0 unspecified atom stereocenters. The molecule has 3 amide bonds. The Kier molecular flexibility index (Phi) is 8.49. The van der Waals surface area contributed by atoms with Crippen molar-refractivity contribution in [1.29, 1.82) is 0 Å². The number of aromatic nitrogens is 3. The molecule has 2 aromatic carbocycles. The lowest BCUT2D eigenvalue weighted by molar-refractivity contribution is -0.117. The number of benzene rings is 2. The van der Waals surface area contributed by atoms with Crippen LogP contribution in [0.2, 0.25) is 0 Å². The molecule has 0 atom stereocenters. The third kappa shape index (κ3) is 7.41. The first-order valence-electron chi connectivity index (χ1n) is 13.8. The van der Waals surface area contributed by atoms with Gasteiger partial charge in [-0.1, -0.05) is 45.0 Å². The molecule has 0 saturated heterocycles. The van der Waals surface area contributed by atoms with Gasteiger partial charge in [-0.15, -0.1) is 11.3 Å². The van der Waals surface area contributed by atoms with Crippen molar-refractivity contribution in [2.75, 3.05) is 16.0 Å². The zero-order chi connectivity index (χ0) is 30.6. The molecule has 0 bridgehead atoms. The van der Waals surface area contributed by atoms with E-state index in [1.807, 2.05) is 73.7 Å². The molecule has 0 radical (unpaired) electrons. The number of pyridine rings is 1. The van der Waals surface area contributed by atoms with E-state index < -0.39 is 5.91 Å². The molecule has 218 valence electrons. The lowest BCUT2D eigenvalue weighted by Gasteiger charge is -2.15. The number of thiophene rings is 1. The third-order valence-corrected chi connectivity index (χ3v) is 8.25. The molecule has 0 spiro atoms. The Balaban J connectivity index is 1.36. The second-order valence-corrected chi connectivity index (χ2v) is 12.2. The molecular formula is C33H33N7O2S. The van der Waals surface area contributed by atoms with Gasteiger partial charge in [0.2, 0.25) is 11.9 Å². The van der Waals surface area contributed by atoms with Crippen LogP contribution >= 0.6 is 11.3 Å².